The zero-order chi connectivity index (χ0) is 23.3. The summed E-state index contributed by atoms with van der Waals surface area (Å²) in [4.78, 5) is 32.3. The maximum absolute atomic E-state index is 13.4. The van der Waals surface area contributed by atoms with E-state index in [1.807, 2.05) is 25.1 Å². The normalized spacial score (nSPS) is 17.8. The van der Waals surface area contributed by atoms with Crippen LogP contribution in [0.3, 0.4) is 0 Å². The van der Waals surface area contributed by atoms with Gasteiger partial charge in [0.2, 0.25) is 0 Å². The molecule has 33 heavy (non-hydrogen) atoms. The zero-order valence-electron chi connectivity index (χ0n) is 17.3. The van der Waals surface area contributed by atoms with E-state index in [-0.39, 0.29) is 16.9 Å². The summed E-state index contributed by atoms with van der Waals surface area (Å²) in [5.41, 5.74) is 2.47. The molecule has 0 radical (unpaired) electrons. The van der Waals surface area contributed by atoms with Gasteiger partial charge in [0.25, 0.3) is 5.78 Å². The van der Waals surface area contributed by atoms with Gasteiger partial charge < -0.3 is 5.11 Å². The number of nitrogens with zero attached hydrogens (tertiary/aromatic N) is 2. The molecule has 0 saturated carbocycles. The number of hydrogen-bond acceptors (Lipinski definition) is 5. The molecule has 1 atom stereocenters. The van der Waals surface area contributed by atoms with Gasteiger partial charge >= 0.3 is 5.91 Å². The molecule has 8 heteroatoms. The van der Waals surface area contributed by atoms with Crippen LogP contribution in [0, 0.1) is 12.7 Å². The third-order valence-corrected chi connectivity index (χ3v) is 6.76. The fraction of sp³-hybridized carbons (Fsp3) is 0.0800. The number of anilines is 1. The Morgan fingerprint density at radius 2 is 1.76 bits per heavy atom. The van der Waals surface area contributed by atoms with Gasteiger partial charge in [0.15, 0.2) is 5.13 Å². The second-order valence-corrected chi connectivity index (χ2v) is 9.14. The summed E-state index contributed by atoms with van der Waals surface area (Å²) in [5, 5.41) is 11.9. The SMILES string of the molecule is Cc1ccc2nc(N3C(=O)C(=O)/C(=C(\O)c4ccc(F)cc4)C3c3ccc(Cl)cc3)sc2c1. The maximum Gasteiger partial charge on any atom is 0.301 e. The predicted octanol–water partition coefficient (Wildman–Crippen LogP) is 6.02. The van der Waals surface area contributed by atoms with Gasteiger partial charge in [-0.1, -0.05) is 41.1 Å². The molecule has 0 spiro atoms. The number of carbonyl (C=O) groups is 2. The van der Waals surface area contributed by atoms with Crippen molar-refractivity contribution in [2.24, 2.45) is 0 Å². The number of Topliss-reactive ketones (excluding diaryl/α,β-unsaturated/α-hetero) is 1. The van der Waals surface area contributed by atoms with Crippen molar-refractivity contribution in [3.05, 3.63) is 99.8 Å². The first-order valence-electron chi connectivity index (χ1n) is 10.0. The number of benzene rings is 3. The van der Waals surface area contributed by atoms with Gasteiger partial charge in [0, 0.05) is 10.6 Å². The minimum absolute atomic E-state index is 0.0932. The lowest BCUT2D eigenvalue weighted by atomic mass is 9.95. The summed E-state index contributed by atoms with van der Waals surface area (Å²) in [6, 6.07) is 16.6. The number of carbonyl (C=O) groups excluding carboxylic acids is 2. The number of aromatic nitrogens is 1. The van der Waals surface area contributed by atoms with Crippen LogP contribution in [0.1, 0.15) is 22.7 Å². The quantitative estimate of drug-likeness (QED) is 0.222. The topological polar surface area (TPSA) is 70.5 Å². The average Bonchev–Trinajstić information content (AvgIpc) is 3.32. The number of ketones is 1. The Balaban J connectivity index is 1.73. The molecular formula is C25H16ClFN2O3S. The number of hydrogen-bond donors (Lipinski definition) is 1. The minimum atomic E-state index is -0.922. The van der Waals surface area contributed by atoms with E-state index in [1.165, 1.54) is 40.5 Å². The van der Waals surface area contributed by atoms with Crippen LogP contribution in [-0.4, -0.2) is 21.8 Å². The summed E-state index contributed by atoms with van der Waals surface area (Å²) in [6.45, 7) is 1.96. The first kappa shape index (κ1) is 21.3. The summed E-state index contributed by atoms with van der Waals surface area (Å²) >= 11 is 7.34. The Bertz CT molecular complexity index is 1450. The molecule has 2 heterocycles. The highest BCUT2D eigenvalue weighted by molar-refractivity contribution is 7.22. The molecule has 164 valence electrons. The van der Waals surface area contributed by atoms with E-state index in [0.717, 1.165) is 10.3 Å². The smallest absolute Gasteiger partial charge is 0.301 e. The molecule has 0 aliphatic carbocycles. The summed E-state index contributed by atoms with van der Waals surface area (Å²) in [6.07, 6.45) is 0. The molecule has 1 unspecified atom stereocenters. The molecule has 1 N–H and O–H groups in total. The lowest BCUT2D eigenvalue weighted by Crippen LogP contribution is -2.29. The van der Waals surface area contributed by atoms with E-state index in [1.54, 1.807) is 24.3 Å². The number of aryl methyl sites for hydroxylation is 1. The zero-order valence-corrected chi connectivity index (χ0v) is 18.8. The molecular weight excluding hydrogens is 463 g/mol. The third kappa shape index (κ3) is 3.69. The van der Waals surface area contributed by atoms with E-state index in [9.17, 15) is 19.1 Å². The lowest BCUT2D eigenvalue weighted by Gasteiger charge is -2.23. The molecule has 5 rings (SSSR count). The number of aliphatic hydroxyl groups excluding tert-OH is 1. The second-order valence-electron chi connectivity index (χ2n) is 7.70. The van der Waals surface area contributed by atoms with Crippen LogP contribution in [-0.2, 0) is 9.59 Å². The molecule has 1 aliphatic heterocycles. The van der Waals surface area contributed by atoms with Gasteiger partial charge in [0.05, 0.1) is 21.8 Å². The highest BCUT2D eigenvalue weighted by Gasteiger charge is 2.48. The van der Waals surface area contributed by atoms with Crippen LogP contribution in [0.5, 0.6) is 0 Å². The molecule has 3 aromatic carbocycles. The second kappa shape index (κ2) is 8.10. The van der Waals surface area contributed by atoms with Crippen LogP contribution in [0.15, 0.2) is 72.3 Å². The maximum atomic E-state index is 13.4. The van der Waals surface area contributed by atoms with Crippen LogP contribution >= 0.6 is 22.9 Å². The van der Waals surface area contributed by atoms with Crippen molar-refractivity contribution in [1.82, 2.24) is 4.98 Å². The van der Waals surface area contributed by atoms with Crippen LogP contribution in [0.2, 0.25) is 5.02 Å². The van der Waals surface area contributed by atoms with Gasteiger partial charge in [-0.25, -0.2) is 9.37 Å². The van der Waals surface area contributed by atoms with Crippen LogP contribution < -0.4 is 4.90 Å². The van der Waals surface area contributed by atoms with E-state index >= 15 is 0 Å². The highest BCUT2D eigenvalue weighted by atomic mass is 35.5. The third-order valence-electron chi connectivity index (χ3n) is 5.49. The number of thiazole rings is 1. The van der Waals surface area contributed by atoms with Crippen molar-refractivity contribution in [1.29, 1.82) is 0 Å². The molecule has 1 saturated heterocycles. The number of rotatable bonds is 3. The van der Waals surface area contributed by atoms with Gasteiger partial charge in [-0.15, -0.1) is 0 Å². The van der Waals surface area contributed by atoms with Crippen molar-refractivity contribution in [3.8, 4) is 0 Å². The Labute approximate surface area is 197 Å². The van der Waals surface area contributed by atoms with Crippen LogP contribution in [0.4, 0.5) is 9.52 Å². The first-order valence-corrected chi connectivity index (χ1v) is 11.2. The molecule has 5 nitrogen and oxygen atoms in total. The monoisotopic (exact) mass is 478 g/mol. The molecule has 0 bridgehead atoms. The van der Waals surface area contributed by atoms with Gasteiger partial charge in [-0.3, -0.25) is 14.5 Å². The number of fused-ring (bicyclic) bond motifs is 1. The number of amides is 1. The lowest BCUT2D eigenvalue weighted by molar-refractivity contribution is -0.132. The van der Waals surface area contributed by atoms with Crippen molar-refractivity contribution in [3.63, 3.8) is 0 Å². The van der Waals surface area contributed by atoms with Gasteiger partial charge in [-0.2, -0.15) is 0 Å². The minimum Gasteiger partial charge on any atom is -0.507 e. The Morgan fingerprint density at radius 3 is 2.45 bits per heavy atom. The Hall–Kier alpha value is -3.55. The fourth-order valence-electron chi connectivity index (χ4n) is 3.88. The molecule has 4 aromatic rings. The van der Waals surface area contributed by atoms with Crippen molar-refractivity contribution < 1.29 is 19.1 Å². The van der Waals surface area contributed by atoms with Crippen molar-refractivity contribution in [2.45, 2.75) is 13.0 Å². The first-order chi connectivity index (χ1) is 15.8. The average molecular weight is 479 g/mol. The Kier molecular flexibility index (Phi) is 5.23. The summed E-state index contributed by atoms with van der Waals surface area (Å²) in [7, 11) is 0. The van der Waals surface area contributed by atoms with E-state index in [4.69, 9.17) is 11.6 Å². The Morgan fingerprint density at radius 1 is 1.06 bits per heavy atom. The molecule has 1 fully saturated rings. The van der Waals surface area contributed by atoms with Crippen LogP contribution in [0.25, 0.3) is 16.0 Å². The van der Waals surface area contributed by atoms with E-state index in [0.29, 0.717) is 21.2 Å². The van der Waals surface area contributed by atoms with Gasteiger partial charge in [-0.05, 0) is 66.6 Å². The highest BCUT2D eigenvalue weighted by Crippen LogP contribution is 2.44. The fourth-order valence-corrected chi connectivity index (χ4v) is 5.09. The van der Waals surface area contributed by atoms with Gasteiger partial charge in [0.1, 0.15) is 11.6 Å². The molecule has 1 amide bonds. The number of aliphatic hydroxyl groups is 1. The number of halogens is 2. The largest absolute Gasteiger partial charge is 0.507 e. The standard InChI is InChI=1S/C25H16ClFN2O3S/c1-13-2-11-18-19(12-13)33-25(28-18)29-21(14-3-7-16(26)8-4-14)20(23(31)24(29)32)22(30)15-5-9-17(27)10-6-15/h2-12,21,30H,1H3/b22-20-. The molecule has 1 aliphatic rings. The van der Waals surface area contributed by atoms with E-state index in [2.05, 4.69) is 4.98 Å². The predicted molar refractivity (Wildman–Crippen MR) is 127 cm³/mol. The summed E-state index contributed by atoms with van der Waals surface area (Å²) < 4.78 is 14.3. The molecule has 1 aromatic heterocycles. The van der Waals surface area contributed by atoms with Crippen molar-refractivity contribution >= 4 is 55.7 Å². The van der Waals surface area contributed by atoms with Crippen molar-refractivity contribution in [2.75, 3.05) is 4.90 Å². The van der Waals surface area contributed by atoms with E-state index < -0.39 is 23.5 Å². The summed E-state index contributed by atoms with van der Waals surface area (Å²) in [5.74, 6) is -2.50.